The Morgan fingerprint density at radius 1 is 0.684 bits per heavy atom. The lowest BCUT2D eigenvalue weighted by molar-refractivity contribution is 0.824. The SMILES string of the molecule is NCc1ccc2ccc3cccc4ccc1c2c34.O. The fourth-order valence-electron chi connectivity index (χ4n) is 2.97. The predicted molar refractivity (Wildman–Crippen MR) is 81.7 cm³/mol. The van der Waals surface area contributed by atoms with Gasteiger partial charge in [0, 0.05) is 6.54 Å². The van der Waals surface area contributed by atoms with E-state index in [2.05, 4.69) is 54.6 Å². The predicted octanol–water partition coefficient (Wildman–Crippen LogP) is 3.22. The van der Waals surface area contributed by atoms with Gasteiger partial charge in [-0.1, -0.05) is 54.6 Å². The molecule has 0 amide bonds. The van der Waals surface area contributed by atoms with Crippen LogP contribution < -0.4 is 5.73 Å². The third-order valence-electron chi connectivity index (χ3n) is 3.84. The summed E-state index contributed by atoms with van der Waals surface area (Å²) < 4.78 is 0. The van der Waals surface area contributed by atoms with Crippen LogP contribution in [0.25, 0.3) is 32.3 Å². The number of nitrogens with two attached hydrogens (primary N) is 1. The van der Waals surface area contributed by atoms with E-state index in [1.807, 2.05) is 0 Å². The first-order valence-electron chi connectivity index (χ1n) is 6.24. The highest BCUT2D eigenvalue weighted by atomic mass is 16.0. The van der Waals surface area contributed by atoms with Crippen LogP contribution in [0, 0.1) is 0 Å². The van der Waals surface area contributed by atoms with Gasteiger partial charge in [-0.2, -0.15) is 0 Å². The van der Waals surface area contributed by atoms with Crippen molar-refractivity contribution in [3.05, 3.63) is 60.2 Å². The second kappa shape index (κ2) is 4.19. The van der Waals surface area contributed by atoms with Gasteiger partial charge in [-0.25, -0.2) is 0 Å². The van der Waals surface area contributed by atoms with Crippen LogP contribution in [0.4, 0.5) is 0 Å². The van der Waals surface area contributed by atoms with Gasteiger partial charge in [-0.05, 0) is 37.9 Å². The lowest BCUT2D eigenvalue weighted by Crippen LogP contribution is -1.97. The Balaban J connectivity index is 0.00000110. The van der Waals surface area contributed by atoms with Gasteiger partial charge >= 0.3 is 0 Å². The number of hydrogen-bond donors (Lipinski definition) is 1. The summed E-state index contributed by atoms with van der Waals surface area (Å²) in [6.07, 6.45) is 0. The highest BCUT2D eigenvalue weighted by Crippen LogP contribution is 2.35. The van der Waals surface area contributed by atoms with Crippen LogP contribution in [0.5, 0.6) is 0 Å². The zero-order valence-electron chi connectivity index (χ0n) is 10.5. The van der Waals surface area contributed by atoms with Crippen molar-refractivity contribution < 1.29 is 5.48 Å². The molecule has 0 aromatic heterocycles. The van der Waals surface area contributed by atoms with Crippen LogP contribution in [0.1, 0.15) is 5.56 Å². The summed E-state index contributed by atoms with van der Waals surface area (Å²) in [4.78, 5) is 0. The van der Waals surface area contributed by atoms with Crippen molar-refractivity contribution >= 4 is 32.3 Å². The monoisotopic (exact) mass is 249 g/mol. The third-order valence-corrected chi connectivity index (χ3v) is 3.84. The van der Waals surface area contributed by atoms with E-state index in [1.54, 1.807) is 0 Å². The van der Waals surface area contributed by atoms with Crippen molar-refractivity contribution in [3.63, 3.8) is 0 Å². The van der Waals surface area contributed by atoms with Gasteiger partial charge in [-0.15, -0.1) is 0 Å². The molecule has 2 heteroatoms. The van der Waals surface area contributed by atoms with E-state index in [0.29, 0.717) is 6.54 Å². The lowest BCUT2D eigenvalue weighted by Gasteiger charge is -2.12. The van der Waals surface area contributed by atoms with E-state index in [4.69, 9.17) is 5.73 Å². The standard InChI is InChI=1S/C17H13N.H2O/c18-10-14-7-6-13-5-4-11-2-1-3-12-8-9-15(14)17(13)16(11)12;/h1-9H,10,18H2;1H2. The van der Waals surface area contributed by atoms with Gasteiger partial charge in [0.05, 0.1) is 0 Å². The van der Waals surface area contributed by atoms with Crippen LogP contribution in [0.15, 0.2) is 54.6 Å². The molecule has 0 saturated carbocycles. The largest absolute Gasteiger partial charge is 0.412 e. The van der Waals surface area contributed by atoms with Gasteiger partial charge in [0.2, 0.25) is 0 Å². The number of benzene rings is 4. The highest BCUT2D eigenvalue weighted by Gasteiger charge is 2.09. The number of rotatable bonds is 1. The molecule has 0 fully saturated rings. The first kappa shape index (κ1) is 11.9. The summed E-state index contributed by atoms with van der Waals surface area (Å²) in [5.74, 6) is 0. The average molecular weight is 249 g/mol. The molecule has 0 aliphatic heterocycles. The normalized spacial score (nSPS) is 11.2. The summed E-state index contributed by atoms with van der Waals surface area (Å²) in [5, 5.41) is 7.92. The van der Waals surface area contributed by atoms with E-state index in [9.17, 15) is 0 Å². The van der Waals surface area contributed by atoms with Gasteiger partial charge in [0.15, 0.2) is 0 Å². The molecule has 2 nitrogen and oxygen atoms in total. The minimum Gasteiger partial charge on any atom is -0.412 e. The smallest absolute Gasteiger partial charge is 0.0184 e. The van der Waals surface area contributed by atoms with Crippen molar-refractivity contribution in [1.29, 1.82) is 0 Å². The third kappa shape index (κ3) is 1.51. The van der Waals surface area contributed by atoms with Crippen LogP contribution in [0.2, 0.25) is 0 Å². The molecule has 0 atom stereocenters. The van der Waals surface area contributed by atoms with Crippen LogP contribution in [-0.2, 0) is 6.54 Å². The molecule has 0 aliphatic rings. The fraction of sp³-hybridized carbons (Fsp3) is 0.0588. The molecular weight excluding hydrogens is 234 g/mol. The van der Waals surface area contributed by atoms with E-state index >= 15 is 0 Å². The Hall–Kier alpha value is -2.16. The zero-order valence-corrected chi connectivity index (χ0v) is 10.5. The lowest BCUT2D eigenvalue weighted by atomic mass is 9.92. The second-order valence-corrected chi connectivity index (χ2v) is 4.78. The molecule has 4 N–H and O–H groups in total. The summed E-state index contributed by atoms with van der Waals surface area (Å²) in [5.41, 5.74) is 7.07. The molecular formula is C17H15NO. The molecule has 4 aromatic rings. The molecule has 0 unspecified atom stereocenters. The van der Waals surface area contributed by atoms with Crippen LogP contribution in [0.3, 0.4) is 0 Å². The molecule has 0 aliphatic carbocycles. The molecule has 0 bridgehead atoms. The Labute approximate surface area is 111 Å². The van der Waals surface area contributed by atoms with E-state index < -0.39 is 0 Å². The molecule has 0 spiro atoms. The maximum atomic E-state index is 5.85. The molecule has 19 heavy (non-hydrogen) atoms. The molecule has 4 aromatic carbocycles. The fourth-order valence-corrected chi connectivity index (χ4v) is 2.97. The van der Waals surface area contributed by atoms with Crippen molar-refractivity contribution in [3.8, 4) is 0 Å². The van der Waals surface area contributed by atoms with Gasteiger partial charge < -0.3 is 11.2 Å². The zero-order chi connectivity index (χ0) is 12.1. The minimum absolute atomic E-state index is 0. The van der Waals surface area contributed by atoms with E-state index in [0.717, 1.165) is 0 Å². The van der Waals surface area contributed by atoms with Crippen molar-refractivity contribution in [2.45, 2.75) is 6.54 Å². The Kier molecular flexibility index (Phi) is 2.63. The van der Waals surface area contributed by atoms with Crippen molar-refractivity contribution in [1.82, 2.24) is 0 Å². The molecule has 0 saturated heterocycles. The Bertz CT molecular complexity index is 851. The Morgan fingerprint density at radius 2 is 1.26 bits per heavy atom. The molecule has 0 radical (unpaired) electrons. The Morgan fingerprint density at radius 3 is 1.95 bits per heavy atom. The molecule has 0 heterocycles. The van der Waals surface area contributed by atoms with Crippen LogP contribution >= 0.6 is 0 Å². The average Bonchev–Trinajstić information content (AvgIpc) is 2.44. The summed E-state index contributed by atoms with van der Waals surface area (Å²) >= 11 is 0. The second-order valence-electron chi connectivity index (χ2n) is 4.78. The summed E-state index contributed by atoms with van der Waals surface area (Å²) in [6, 6.07) is 19.6. The van der Waals surface area contributed by atoms with Gasteiger partial charge in [-0.3, -0.25) is 0 Å². The summed E-state index contributed by atoms with van der Waals surface area (Å²) in [7, 11) is 0. The van der Waals surface area contributed by atoms with E-state index in [1.165, 1.54) is 37.9 Å². The van der Waals surface area contributed by atoms with Gasteiger partial charge in [0.1, 0.15) is 0 Å². The first-order chi connectivity index (χ1) is 8.88. The van der Waals surface area contributed by atoms with Crippen molar-refractivity contribution in [2.24, 2.45) is 5.73 Å². The minimum atomic E-state index is 0. The van der Waals surface area contributed by atoms with Gasteiger partial charge in [0.25, 0.3) is 0 Å². The quantitative estimate of drug-likeness (QED) is 0.517. The molecule has 4 rings (SSSR count). The highest BCUT2D eigenvalue weighted by molar-refractivity contribution is 6.23. The summed E-state index contributed by atoms with van der Waals surface area (Å²) in [6.45, 7) is 0.591. The maximum Gasteiger partial charge on any atom is 0.0184 e. The molecule has 94 valence electrons. The van der Waals surface area contributed by atoms with Crippen LogP contribution in [-0.4, -0.2) is 5.48 Å². The van der Waals surface area contributed by atoms with Crippen molar-refractivity contribution in [2.75, 3.05) is 0 Å². The first-order valence-corrected chi connectivity index (χ1v) is 6.24. The number of hydrogen-bond acceptors (Lipinski definition) is 1. The topological polar surface area (TPSA) is 57.5 Å². The van der Waals surface area contributed by atoms with E-state index in [-0.39, 0.29) is 5.48 Å². The maximum absolute atomic E-state index is 5.85.